The first-order valence-electron chi connectivity index (χ1n) is 4.34. The fourth-order valence-corrected chi connectivity index (χ4v) is 0.727. The van der Waals surface area contributed by atoms with Crippen molar-refractivity contribution in [3.05, 3.63) is 0 Å². The molecule has 2 heteroatoms. The van der Waals surface area contributed by atoms with E-state index in [9.17, 15) is 0 Å². The van der Waals surface area contributed by atoms with Gasteiger partial charge in [-0.1, -0.05) is 20.8 Å². The van der Waals surface area contributed by atoms with Gasteiger partial charge in [-0.05, 0) is 24.8 Å². The summed E-state index contributed by atoms with van der Waals surface area (Å²) < 4.78 is 5.44. The van der Waals surface area contributed by atoms with Gasteiger partial charge in [-0.25, -0.2) is 0 Å². The summed E-state index contributed by atoms with van der Waals surface area (Å²) >= 11 is 0. The molecule has 68 valence electrons. The minimum Gasteiger partial charge on any atom is -0.381 e. The molecule has 0 aliphatic carbocycles. The van der Waals surface area contributed by atoms with Gasteiger partial charge in [0.15, 0.2) is 0 Å². The molecule has 11 heavy (non-hydrogen) atoms. The summed E-state index contributed by atoms with van der Waals surface area (Å²) in [5.74, 6) is 0. The van der Waals surface area contributed by atoms with Gasteiger partial charge < -0.3 is 10.5 Å². The Morgan fingerprint density at radius 1 is 1.18 bits per heavy atom. The molecular weight excluding hydrogens is 138 g/mol. The molecule has 0 fully saturated rings. The molecule has 0 heterocycles. The van der Waals surface area contributed by atoms with Gasteiger partial charge in [0.05, 0.1) is 6.61 Å². The molecule has 0 atom stereocenters. The first-order chi connectivity index (χ1) is 5.06. The maximum atomic E-state index is 5.44. The summed E-state index contributed by atoms with van der Waals surface area (Å²) in [6.45, 7) is 9.01. The minimum atomic E-state index is 0.294. The normalized spacial score (nSPS) is 12.0. The molecule has 0 radical (unpaired) electrons. The molecule has 0 bridgehead atoms. The van der Waals surface area contributed by atoms with Crippen molar-refractivity contribution in [2.75, 3.05) is 19.8 Å². The highest BCUT2D eigenvalue weighted by Crippen LogP contribution is 2.12. The van der Waals surface area contributed by atoms with E-state index in [4.69, 9.17) is 10.5 Å². The maximum Gasteiger partial charge on any atom is 0.0514 e. The van der Waals surface area contributed by atoms with E-state index in [0.717, 1.165) is 32.6 Å². The van der Waals surface area contributed by atoms with Crippen molar-refractivity contribution in [1.29, 1.82) is 0 Å². The third kappa shape index (κ3) is 9.92. The zero-order valence-corrected chi connectivity index (χ0v) is 8.02. The first-order valence-corrected chi connectivity index (χ1v) is 4.34. The molecule has 0 saturated carbocycles. The predicted octanol–water partition coefficient (Wildman–Crippen LogP) is 1.79. The van der Waals surface area contributed by atoms with Crippen molar-refractivity contribution >= 4 is 0 Å². The van der Waals surface area contributed by atoms with E-state index in [1.165, 1.54) is 0 Å². The lowest BCUT2D eigenvalue weighted by molar-refractivity contribution is 0.0692. The summed E-state index contributed by atoms with van der Waals surface area (Å²) in [5, 5.41) is 0. The van der Waals surface area contributed by atoms with Gasteiger partial charge in [0.25, 0.3) is 0 Å². The Morgan fingerprint density at radius 3 is 2.27 bits per heavy atom. The van der Waals surface area contributed by atoms with E-state index in [0.29, 0.717) is 5.41 Å². The molecule has 2 nitrogen and oxygen atoms in total. The number of nitrogens with two attached hydrogens (primary N) is 1. The zero-order chi connectivity index (χ0) is 8.74. The van der Waals surface area contributed by atoms with E-state index in [-0.39, 0.29) is 0 Å². The van der Waals surface area contributed by atoms with Crippen LogP contribution in [0.25, 0.3) is 0 Å². The van der Waals surface area contributed by atoms with Crippen molar-refractivity contribution in [2.24, 2.45) is 11.1 Å². The second-order valence-corrected chi connectivity index (χ2v) is 4.11. The summed E-state index contributed by atoms with van der Waals surface area (Å²) in [6, 6.07) is 0. The van der Waals surface area contributed by atoms with E-state index in [1.807, 2.05) is 0 Å². The molecule has 0 aliphatic rings. The van der Waals surface area contributed by atoms with E-state index in [1.54, 1.807) is 0 Å². The molecule has 0 spiro atoms. The highest BCUT2D eigenvalue weighted by atomic mass is 16.5. The van der Waals surface area contributed by atoms with Gasteiger partial charge in [-0.15, -0.1) is 0 Å². The van der Waals surface area contributed by atoms with Crippen molar-refractivity contribution in [3.8, 4) is 0 Å². The van der Waals surface area contributed by atoms with Crippen molar-refractivity contribution in [1.82, 2.24) is 0 Å². The monoisotopic (exact) mass is 159 g/mol. The van der Waals surface area contributed by atoms with Crippen molar-refractivity contribution in [3.63, 3.8) is 0 Å². The molecule has 0 aromatic carbocycles. The third-order valence-electron chi connectivity index (χ3n) is 1.28. The summed E-state index contributed by atoms with van der Waals surface area (Å²) in [7, 11) is 0. The lowest BCUT2D eigenvalue weighted by Crippen LogP contribution is -2.15. The van der Waals surface area contributed by atoms with Crippen LogP contribution in [-0.2, 0) is 4.74 Å². The van der Waals surface area contributed by atoms with Gasteiger partial charge in [0.1, 0.15) is 0 Å². The van der Waals surface area contributed by atoms with Crippen molar-refractivity contribution in [2.45, 2.75) is 33.6 Å². The second-order valence-electron chi connectivity index (χ2n) is 4.11. The average molecular weight is 159 g/mol. The molecule has 0 aliphatic heterocycles. The minimum absolute atomic E-state index is 0.294. The van der Waals surface area contributed by atoms with Gasteiger partial charge in [0.2, 0.25) is 0 Å². The molecule has 0 saturated heterocycles. The molecule has 0 amide bonds. The van der Waals surface area contributed by atoms with Crippen LogP contribution < -0.4 is 5.73 Å². The van der Waals surface area contributed by atoms with Gasteiger partial charge in [0, 0.05) is 6.61 Å². The smallest absolute Gasteiger partial charge is 0.0514 e. The largest absolute Gasteiger partial charge is 0.381 e. The average Bonchev–Trinajstić information content (AvgIpc) is 1.85. The number of hydrogen-bond acceptors (Lipinski definition) is 2. The molecule has 0 aromatic rings. The van der Waals surface area contributed by atoms with Crippen LogP contribution in [0.15, 0.2) is 0 Å². The topological polar surface area (TPSA) is 35.2 Å². The molecule has 0 aromatic heterocycles. The highest BCUT2D eigenvalue weighted by Gasteiger charge is 2.08. The van der Waals surface area contributed by atoms with Crippen LogP contribution in [0, 0.1) is 5.41 Å². The van der Waals surface area contributed by atoms with E-state index in [2.05, 4.69) is 20.8 Å². The Labute approximate surface area is 70.1 Å². The molecule has 0 rings (SSSR count). The standard InChI is InChI=1S/C9H21NO/c1-9(2,3)8-11-7-5-4-6-10/h4-8,10H2,1-3H3. The number of ether oxygens (including phenoxy) is 1. The van der Waals surface area contributed by atoms with Crippen LogP contribution in [0.3, 0.4) is 0 Å². The van der Waals surface area contributed by atoms with E-state index < -0.39 is 0 Å². The number of unbranched alkanes of at least 4 members (excludes halogenated alkanes) is 1. The third-order valence-corrected chi connectivity index (χ3v) is 1.28. The SMILES string of the molecule is CC(C)(C)COCCCCN. The molecule has 2 N–H and O–H groups in total. The fourth-order valence-electron chi connectivity index (χ4n) is 0.727. The Kier molecular flexibility index (Phi) is 5.51. The Bertz CT molecular complexity index is 86.1. The molecular formula is C9H21NO. The first kappa shape index (κ1) is 10.9. The van der Waals surface area contributed by atoms with Crippen LogP contribution in [0.1, 0.15) is 33.6 Å². The van der Waals surface area contributed by atoms with Crippen LogP contribution >= 0.6 is 0 Å². The second kappa shape index (κ2) is 5.56. The van der Waals surface area contributed by atoms with Gasteiger partial charge in [-0.3, -0.25) is 0 Å². The van der Waals surface area contributed by atoms with Gasteiger partial charge in [-0.2, -0.15) is 0 Å². The summed E-state index contributed by atoms with van der Waals surface area (Å²) in [5.41, 5.74) is 5.64. The van der Waals surface area contributed by atoms with E-state index >= 15 is 0 Å². The number of hydrogen-bond donors (Lipinski definition) is 1. The highest BCUT2D eigenvalue weighted by molar-refractivity contribution is 4.58. The van der Waals surface area contributed by atoms with Crippen molar-refractivity contribution < 1.29 is 4.74 Å². The van der Waals surface area contributed by atoms with Crippen LogP contribution in [0.2, 0.25) is 0 Å². The Morgan fingerprint density at radius 2 is 1.82 bits per heavy atom. The van der Waals surface area contributed by atoms with Crippen LogP contribution in [-0.4, -0.2) is 19.8 Å². The lowest BCUT2D eigenvalue weighted by Gasteiger charge is -2.17. The lowest BCUT2D eigenvalue weighted by atomic mass is 9.99. The fraction of sp³-hybridized carbons (Fsp3) is 1.00. The molecule has 0 unspecified atom stereocenters. The summed E-state index contributed by atoms with van der Waals surface area (Å²) in [6.07, 6.45) is 2.16. The van der Waals surface area contributed by atoms with Crippen LogP contribution in [0.4, 0.5) is 0 Å². The number of rotatable bonds is 5. The van der Waals surface area contributed by atoms with Gasteiger partial charge >= 0.3 is 0 Å². The zero-order valence-electron chi connectivity index (χ0n) is 8.02. The Balaban J connectivity index is 3.02. The van der Waals surface area contributed by atoms with Crippen LogP contribution in [0.5, 0.6) is 0 Å². The maximum absolute atomic E-state index is 5.44. The predicted molar refractivity (Wildman–Crippen MR) is 48.6 cm³/mol. The summed E-state index contributed by atoms with van der Waals surface area (Å²) in [4.78, 5) is 0. The Hall–Kier alpha value is -0.0800. The quantitative estimate of drug-likeness (QED) is 0.621.